The molecule has 2 aromatic rings. The van der Waals surface area contributed by atoms with Gasteiger partial charge in [-0.3, -0.25) is 0 Å². The summed E-state index contributed by atoms with van der Waals surface area (Å²) in [5.74, 6) is 1.87. The monoisotopic (exact) mass is 396 g/mol. The Balaban J connectivity index is 1.75. The number of piperazine rings is 1. The Kier molecular flexibility index (Phi) is 5.86. The molecule has 1 saturated heterocycles. The van der Waals surface area contributed by atoms with Gasteiger partial charge in [0.15, 0.2) is 0 Å². The number of hydrogen-bond donors (Lipinski definition) is 0. The molecule has 2 aliphatic heterocycles. The van der Waals surface area contributed by atoms with Gasteiger partial charge in [0.2, 0.25) is 0 Å². The van der Waals surface area contributed by atoms with Crippen molar-refractivity contribution in [3.8, 4) is 0 Å². The summed E-state index contributed by atoms with van der Waals surface area (Å²) in [6.07, 6.45) is 2.41. The highest BCUT2D eigenvalue weighted by atomic mass is 32.2. The van der Waals surface area contributed by atoms with Crippen molar-refractivity contribution in [2.75, 3.05) is 39.0 Å². The first kappa shape index (κ1) is 19.0. The molecular weight excluding hydrogens is 368 g/mol. The fourth-order valence-electron chi connectivity index (χ4n) is 3.50. The minimum atomic E-state index is 0.708. The molecule has 4 rings (SSSR count). The maximum Gasteiger partial charge on any atom is 0.0459 e. The highest BCUT2D eigenvalue weighted by molar-refractivity contribution is 7.99. The summed E-state index contributed by atoms with van der Waals surface area (Å²) in [5.41, 5.74) is 4.13. The average molecular weight is 397 g/mol. The molecule has 27 heavy (non-hydrogen) atoms. The average Bonchev–Trinajstić information content (AvgIpc) is 2.83. The Morgan fingerprint density at radius 2 is 1.78 bits per heavy atom. The molecule has 0 amide bonds. The van der Waals surface area contributed by atoms with E-state index < -0.39 is 0 Å². The predicted octanol–water partition coefficient (Wildman–Crippen LogP) is 5.64. The molecule has 142 valence electrons. The van der Waals surface area contributed by atoms with Crippen LogP contribution in [0.25, 0.3) is 11.8 Å². The topological polar surface area (TPSA) is 6.48 Å². The lowest BCUT2D eigenvalue weighted by Gasteiger charge is -2.36. The van der Waals surface area contributed by atoms with Crippen molar-refractivity contribution >= 4 is 35.3 Å². The molecule has 0 N–H and O–H groups in total. The van der Waals surface area contributed by atoms with Crippen LogP contribution in [0.1, 0.15) is 25.0 Å². The van der Waals surface area contributed by atoms with Gasteiger partial charge in [-0.05, 0) is 48.9 Å². The van der Waals surface area contributed by atoms with Crippen molar-refractivity contribution in [1.29, 1.82) is 0 Å². The van der Waals surface area contributed by atoms with Crippen LogP contribution in [0.15, 0.2) is 57.2 Å². The maximum atomic E-state index is 2.58. The largest absolute Gasteiger partial charge is 0.368 e. The van der Waals surface area contributed by atoms with Crippen molar-refractivity contribution < 1.29 is 0 Å². The number of fused-ring (bicyclic) bond motifs is 2. The van der Waals surface area contributed by atoms with E-state index in [0.717, 1.165) is 26.2 Å². The van der Waals surface area contributed by atoms with Gasteiger partial charge in [0.05, 0.1) is 0 Å². The minimum absolute atomic E-state index is 0.708. The summed E-state index contributed by atoms with van der Waals surface area (Å²) in [6.45, 7) is 9.03. The normalized spacial score (nSPS) is 17.3. The molecular formula is C23H28N2S2. The van der Waals surface area contributed by atoms with Crippen LogP contribution >= 0.6 is 23.5 Å². The molecule has 2 nitrogen and oxygen atoms in total. The molecule has 0 atom stereocenters. The van der Waals surface area contributed by atoms with Gasteiger partial charge in [-0.15, -0.1) is 11.8 Å². The zero-order valence-corrected chi connectivity index (χ0v) is 18.1. The van der Waals surface area contributed by atoms with E-state index in [2.05, 4.69) is 79.2 Å². The Bertz CT molecular complexity index is 836. The molecule has 4 heteroatoms. The van der Waals surface area contributed by atoms with Crippen LogP contribution in [0, 0.1) is 5.92 Å². The summed E-state index contributed by atoms with van der Waals surface area (Å²) >= 11 is 3.88. The van der Waals surface area contributed by atoms with E-state index in [4.69, 9.17) is 0 Å². The van der Waals surface area contributed by atoms with Crippen LogP contribution in [0.3, 0.4) is 0 Å². The molecule has 2 heterocycles. The van der Waals surface area contributed by atoms with E-state index in [9.17, 15) is 0 Å². The van der Waals surface area contributed by atoms with Gasteiger partial charge in [0, 0.05) is 57.9 Å². The molecule has 0 spiro atoms. The Hall–Kier alpha value is -1.36. The first-order valence-corrected chi connectivity index (χ1v) is 11.6. The van der Waals surface area contributed by atoms with Gasteiger partial charge in [-0.2, -0.15) is 0 Å². The van der Waals surface area contributed by atoms with E-state index in [1.165, 1.54) is 37.3 Å². The molecule has 0 bridgehead atoms. The number of likely N-dealkylation sites (N-methyl/N-ethyl adjacent to an activating group) is 1. The third-order valence-electron chi connectivity index (χ3n) is 5.09. The zero-order valence-electron chi connectivity index (χ0n) is 16.4. The fraction of sp³-hybridized carbons (Fsp3) is 0.391. The molecule has 2 aromatic carbocycles. The van der Waals surface area contributed by atoms with Gasteiger partial charge in [0.1, 0.15) is 0 Å². The molecule has 0 saturated carbocycles. The Morgan fingerprint density at radius 3 is 2.56 bits per heavy atom. The highest BCUT2D eigenvalue weighted by Gasteiger charge is 2.23. The second kappa shape index (κ2) is 8.34. The molecule has 1 fully saturated rings. The van der Waals surface area contributed by atoms with Crippen LogP contribution in [-0.4, -0.2) is 48.8 Å². The Labute approximate surface area is 172 Å². The lowest BCUT2D eigenvalue weighted by molar-refractivity contribution is 0.207. The zero-order chi connectivity index (χ0) is 18.8. The van der Waals surface area contributed by atoms with Crippen LogP contribution < -0.4 is 0 Å². The van der Waals surface area contributed by atoms with E-state index in [1.807, 2.05) is 23.5 Å². The lowest BCUT2D eigenvalue weighted by Crippen LogP contribution is -2.43. The SMILES string of the molecule is CC(C)CSc1ccc2c(c1)C(N1CCN(C)CC1)=Cc1ccccc1S2. The summed E-state index contributed by atoms with van der Waals surface area (Å²) in [7, 11) is 2.22. The van der Waals surface area contributed by atoms with Crippen molar-refractivity contribution in [2.24, 2.45) is 5.92 Å². The smallest absolute Gasteiger partial charge is 0.0459 e. The maximum absolute atomic E-state index is 2.58. The van der Waals surface area contributed by atoms with Crippen molar-refractivity contribution in [1.82, 2.24) is 9.80 Å². The van der Waals surface area contributed by atoms with Crippen molar-refractivity contribution in [3.63, 3.8) is 0 Å². The third-order valence-corrected chi connectivity index (χ3v) is 7.67. The van der Waals surface area contributed by atoms with Crippen molar-refractivity contribution in [3.05, 3.63) is 53.6 Å². The number of benzene rings is 2. The van der Waals surface area contributed by atoms with Gasteiger partial charge >= 0.3 is 0 Å². The first-order chi connectivity index (χ1) is 13.1. The lowest BCUT2D eigenvalue weighted by atomic mass is 10.1. The second-order valence-corrected chi connectivity index (χ2v) is 10.00. The van der Waals surface area contributed by atoms with Gasteiger partial charge in [-0.25, -0.2) is 0 Å². The van der Waals surface area contributed by atoms with Gasteiger partial charge < -0.3 is 9.80 Å². The van der Waals surface area contributed by atoms with Gasteiger partial charge in [-0.1, -0.05) is 43.8 Å². The second-order valence-electron chi connectivity index (χ2n) is 7.82. The fourth-order valence-corrected chi connectivity index (χ4v) is 5.43. The van der Waals surface area contributed by atoms with E-state index in [1.54, 1.807) is 0 Å². The van der Waals surface area contributed by atoms with E-state index in [-0.39, 0.29) is 0 Å². The molecule has 0 radical (unpaired) electrons. The number of nitrogens with zero attached hydrogens (tertiary/aromatic N) is 2. The van der Waals surface area contributed by atoms with E-state index in [0.29, 0.717) is 5.92 Å². The Morgan fingerprint density at radius 1 is 1.00 bits per heavy atom. The summed E-state index contributed by atoms with van der Waals surface area (Å²) in [6, 6.07) is 15.8. The molecule has 0 aliphatic carbocycles. The molecule has 2 aliphatic rings. The highest BCUT2D eigenvalue weighted by Crippen LogP contribution is 2.43. The quantitative estimate of drug-likeness (QED) is 0.616. The number of rotatable bonds is 4. The van der Waals surface area contributed by atoms with Crippen LogP contribution in [0.2, 0.25) is 0 Å². The number of hydrogen-bond acceptors (Lipinski definition) is 4. The van der Waals surface area contributed by atoms with Gasteiger partial charge in [0.25, 0.3) is 0 Å². The summed E-state index contributed by atoms with van der Waals surface area (Å²) in [4.78, 5) is 9.11. The minimum Gasteiger partial charge on any atom is -0.368 e. The van der Waals surface area contributed by atoms with Crippen LogP contribution in [-0.2, 0) is 0 Å². The third kappa shape index (κ3) is 4.39. The van der Waals surface area contributed by atoms with E-state index >= 15 is 0 Å². The summed E-state index contributed by atoms with van der Waals surface area (Å²) < 4.78 is 0. The molecule has 0 unspecified atom stereocenters. The number of thioether (sulfide) groups is 1. The van der Waals surface area contributed by atoms with Crippen molar-refractivity contribution in [2.45, 2.75) is 28.5 Å². The van der Waals surface area contributed by atoms with Crippen LogP contribution in [0.4, 0.5) is 0 Å². The summed E-state index contributed by atoms with van der Waals surface area (Å²) in [5, 5.41) is 0. The molecule has 0 aromatic heterocycles. The predicted molar refractivity (Wildman–Crippen MR) is 120 cm³/mol. The van der Waals surface area contributed by atoms with Crippen LogP contribution in [0.5, 0.6) is 0 Å². The standard InChI is InChI=1S/C23H28N2S2/c1-17(2)16-26-19-8-9-23-20(15-19)21(25-12-10-24(3)11-13-25)14-18-6-4-5-7-22(18)27-23/h4-9,14-15,17H,10-13,16H2,1-3H3. The first-order valence-electron chi connectivity index (χ1n) is 9.79.